The zero-order valence-electron chi connectivity index (χ0n) is 7.01. The van der Waals surface area contributed by atoms with Crippen LogP contribution < -0.4 is 0 Å². The number of carbonyl (C=O) groups excluding carboxylic acids is 1. The minimum atomic E-state index is -0.439. The van der Waals surface area contributed by atoms with Gasteiger partial charge >= 0.3 is 0 Å². The Hall–Kier alpha value is -0.570. The first kappa shape index (κ1) is 9.43. The third-order valence-electron chi connectivity index (χ3n) is 1.77. The number of nitrogens with zero attached hydrogens (tertiary/aromatic N) is 1. The minimum Gasteiger partial charge on any atom is -0.394 e. The van der Waals surface area contributed by atoms with Crippen LogP contribution in [0.1, 0.15) is 20.8 Å². The third kappa shape index (κ3) is 1.99. The van der Waals surface area contributed by atoms with Crippen LogP contribution in [0.25, 0.3) is 0 Å². The lowest BCUT2D eigenvalue weighted by Gasteiger charge is -2.32. The summed E-state index contributed by atoms with van der Waals surface area (Å²) in [6.07, 6.45) is 0. The predicted octanol–water partition coefficient (Wildman–Crippen LogP) is 0.236. The van der Waals surface area contributed by atoms with Crippen LogP contribution in [-0.4, -0.2) is 35.1 Å². The number of hydrogen-bond donors (Lipinski definition) is 1. The van der Waals surface area contributed by atoms with Gasteiger partial charge in [-0.05, 0) is 13.8 Å². The molecule has 3 nitrogen and oxygen atoms in total. The van der Waals surface area contributed by atoms with E-state index in [9.17, 15) is 4.79 Å². The summed E-state index contributed by atoms with van der Waals surface area (Å²) in [5.74, 6) is -0.0287. The van der Waals surface area contributed by atoms with E-state index in [1.54, 1.807) is 7.05 Å². The molecule has 0 spiro atoms. The number of rotatable bonds is 2. The molecule has 0 aliphatic heterocycles. The molecule has 0 aromatic carbocycles. The molecule has 0 aliphatic rings. The fourth-order valence-electron chi connectivity index (χ4n) is 0.532. The van der Waals surface area contributed by atoms with Crippen molar-refractivity contribution in [2.24, 2.45) is 0 Å². The molecule has 3 heteroatoms. The number of aliphatic hydroxyl groups is 1. The van der Waals surface area contributed by atoms with Crippen molar-refractivity contribution in [1.82, 2.24) is 4.90 Å². The molecule has 1 amide bonds. The molecule has 0 radical (unpaired) electrons. The number of hydrogen-bond acceptors (Lipinski definition) is 2. The van der Waals surface area contributed by atoms with Gasteiger partial charge in [-0.1, -0.05) is 0 Å². The summed E-state index contributed by atoms with van der Waals surface area (Å²) in [5, 5.41) is 8.82. The average Bonchev–Trinajstić information content (AvgIpc) is 1.86. The zero-order valence-corrected chi connectivity index (χ0v) is 7.01. The van der Waals surface area contributed by atoms with Gasteiger partial charge < -0.3 is 10.0 Å². The zero-order chi connectivity index (χ0) is 8.36. The maximum Gasteiger partial charge on any atom is 0.219 e. The monoisotopic (exact) mass is 145 g/mol. The predicted molar refractivity (Wildman–Crippen MR) is 39.6 cm³/mol. The average molecular weight is 145 g/mol. The van der Waals surface area contributed by atoms with Crippen molar-refractivity contribution in [1.29, 1.82) is 0 Å². The Labute approximate surface area is 61.6 Å². The molecule has 0 aliphatic carbocycles. The summed E-state index contributed by atoms with van der Waals surface area (Å²) in [6, 6.07) is 0. The molecule has 0 aromatic heterocycles. The van der Waals surface area contributed by atoms with Crippen LogP contribution in [0.4, 0.5) is 0 Å². The van der Waals surface area contributed by atoms with Crippen molar-refractivity contribution >= 4 is 5.91 Å². The molecule has 0 rings (SSSR count). The minimum absolute atomic E-state index is 0.0108. The quantitative estimate of drug-likeness (QED) is 0.604. The van der Waals surface area contributed by atoms with Gasteiger partial charge in [0.1, 0.15) is 0 Å². The maximum atomic E-state index is 10.8. The lowest BCUT2D eigenvalue weighted by molar-refractivity contribution is -0.133. The van der Waals surface area contributed by atoms with E-state index in [4.69, 9.17) is 5.11 Å². The van der Waals surface area contributed by atoms with Crippen LogP contribution in [0.2, 0.25) is 0 Å². The summed E-state index contributed by atoms with van der Waals surface area (Å²) in [5.41, 5.74) is -0.439. The summed E-state index contributed by atoms with van der Waals surface area (Å²) in [6.45, 7) is 5.10. The number of amides is 1. The van der Waals surface area contributed by atoms with E-state index in [0.717, 1.165) is 0 Å². The molecule has 1 N–H and O–H groups in total. The van der Waals surface area contributed by atoms with Crippen LogP contribution in [0.5, 0.6) is 0 Å². The van der Waals surface area contributed by atoms with Crippen LogP contribution >= 0.6 is 0 Å². The van der Waals surface area contributed by atoms with Crippen molar-refractivity contribution in [3.63, 3.8) is 0 Å². The van der Waals surface area contributed by atoms with E-state index in [0.29, 0.717) is 0 Å². The van der Waals surface area contributed by atoms with Gasteiger partial charge in [0.2, 0.25) is 5.91 Å². The van der Waals surface area contributed by atoms with Gasteiger partial charge in [-0.15, -0.1) is 0 Å². The molecule has 0 saturated carbocycles. The molecular formula is C7H15NO2. The highest BCUT2D eigenvalue weighted by atomic mass is 16.3. The van der Waals surface area contributed by atoms with Crippen molar-refractivity contribution in [3.05, 3.63) is 0 Å². The molecule has 0 aromatic rings. The molecule has 10 heavy (non-hydrogen) atoms. The molecule has 0 bridgehead atoms. The highest BCUT2D eigenvalue weighted by Crippen LogP contribution is 2.10. The van der Waals surface area contributed by atoms with Crippen molar-refractivity contribution in [2.45, 2.75) is 26.3 Å². The van der Waals surface area contributed by atoms with E-state index >= 15 is 0 Å². The summed E-state index contributed by atoms with van der Waals surface area (Å²) in [4.78, 5) is 12.3. The number of carbonyl (C=O) groups is 1. The molecule has 60 valence electrons. The van der Waals surface area contributed by atoms with Crippen LogP contribution in [-0.2, 0) is 4.79 Å². The van der Waals surface area contributed by atoms with Crippen LogP contribution in [0, 0.1) is 0 Å². The highest BCUT2D eigenvalue weighted by molar-refractivity contribution is 5.73. The highest BCUT2D eigenvalue weighted by Gasteiger charge is 2.23. The van der Waals surface area contributed by atoms with Crippen LogP contribution in [0.3, 0.4) is 0 Å². The Morgan fingerprint density at radius 3 is 2.10 bits per heavy atom. The lowest BCUT2D eigenvalue weighted by Crippen LogP contribution is -2.46. The Kier molecular flexibility index (Phi) is 2.84. The topological polar surface area (TPSA) is 40.5 Å². The third-order valence-corrected chi connectivity index (χ3v) is 1.77. The summed E-state index contributed by atoms with van der Waals surface area (Å²) >= 11 is 0. The van der Waals surface area contributed by atoms with Gasteiger partial charge in [0.25, 0.3) is 0 Å². The van der Waals surface area contributed by atoms with Crippen LogP contribution in [0.15, 0.2) is 0 Å². The van der Waals surface area contributed by atoms with Gasteiger partial charge in [0, 0.05) is 14.0 Å². The summed E-state index contributed by atoms with van der Waals surface area (Å²) < 4.78 is 0. The molecule has 0 atom stereocenters. The first-order valence-corrected chi connectivity index (χ1v) is 3.27. The first-order chi connectivity index (χ1) is 4.41. The second-order valence-electron chi connectivity index (χ2n) is 3.05. The van der Waals surface area contributed by atoms with Gasteiger partial charge in [-0.25, -0.2) is 0 Å². The second-order valence-corrected chi connectivity index (χ2v) is 3.05. The number of likely N-dealkylation sites (N-methyl/N-ethyl adjacent to an activating group) is 1. The van der Waals surface area contributed by atoms with Crippen molar-refractivity contribution < 1.29 is 9.90 Å². The SMILES string of the molecule is CC(=O)N(C)C(C)(C)CO. The molecule has 0 unspecified atom stereocenters. The van der Waals surface area contributed by atoms with Gasteiger partial charge in [-0.2, -0.15) is 0 Å². The van der Waals surface area contributed by atoms with E-state index in [-0.39, 0.29) is 12.5 Å². The Bertz CT molecular complexity index is 132. The smallest absolute Gasteiger partial charge is 0.219 e. The fraction of sp³-hybridized carbons (Fsp3) is 0.857. The summed E-state index contributed by atoms with van der Waals surface area (Å²) in [7, 11) is 1.68. The second kappa shape index (κ2) is 3.01. The first-order valence-electron chi connectivity index (χ1n) is 3.27. The van der Waals surface area contributed by atoms with Gasteiger partial charge in [0.05, 0.1) is 12.1 Å². The Morgan fingerprint density at radius 1 is 1.60 bits per heavy atom. The lowest BCUT2D eigenvalue weighted by atomic mass is 10.1. The van der Waals surface area contributed by atoms with Crippen molar-refractivity contribution in [3.8, 4) is 0 Å². The van der Waals surface area contributed by atoms with E-state index in [1.165, 1.54) is 11.8 Å². The normalized spacial score (nSPS) is 11.3. The molecular weight excluding hydrogens is 130 g/mol. The molecule has 0 saturated heterocycles. The van der Waals surface area contributed by atoms with E-state index in [1.807, 2.05) is 13.8 Å². The fourth-order valence-corrected chi connectivity index (χ4v) is 0.532. The van der Waals surface area contributed by atoms with Gasteiger partial charge in [0.15, 0.2) is 0 Å². The largest absolute Gasteiger partial charge is 0.394 e. The number of aliphatic hydroxyl groups excluding tert-OH is 1. The Morgan fingerprint density at radius 2 is 2.00 bits per heavy atom. The standard InChI is InChI=1S/C7H15NO2/c1-6(10)8(4)7(2,3)5-9/h9H,5H2,1-4H3. The van der Waals surface area contributed by atoms with E-state index in [2.05, 4.69) is 0 Å². The molecule has 0 heterocycles. The Balaban J connectivity index is 4.17. The van der Waals surface area contributed by atoms with E-state index < -0.39 is 5.54 Å². The van der Waals surface area contributed by atoms with Crippen molar-refractivity contribution in [2.75, 3.05) is 13.7 Å². The van der Waals surface area contributed by atoms with Gasteiger partial charge in [-0.3, -0.25) is 4.79 Å². The maximum absolute atomic E-state index is 10.8. The molecule has 0 fully saturated rings.